The summed E-state index contributed by atoms with van der Waals surface area (Å²) in [6, 6.07) is 6.36. The van der Waals surface area contributed by atoms with E-state index in [0.717, 1.165) is 17.8 Å². The summed E-state index contributed by atoms with van der Waals surface area (Å²) in [5, 5.41) is 1.26. The standard InChI is InChI=1S/C12H14O/c1-4-10-6-5-7-11-8(2)9(3)13-12(10)11/h5-7H,4H2,1-3H3. The Bertz CT molecular complexity index is 438. The number of para-hydroxylation sites is 1. The maximum Gasteiger partial charge on any atom is 0.137 e. The van der Waals surface area contributed by atoms with Crippen molar-refractivity contribution in [3.05, 3.63) is 35.1 Å². The summed E-state index contributed by atoms with van der Waals surface area (Å²) in [5.41, 5.74) is 3.64. The smallest absolute Gasteiger partial charge is 0.137 e. The van der Waals surface area contributed by atoms with Crippen LogP contribution in [0.1, 0.15) is 23.8 Å². The number of hydrogen-bond acceptors (Lipinski definition) is 1. The first-order valence-corrected chi connectivity index (χ1v) is 4.71. The zero-order chi connectivity index (χ0) is 9.42. The number of rotatable bonds is 1. The van der Waals surface area contributed by atoms with E-state index in [0.29, 0.717) is 0 Å². The van der Waals surface area contributed by atoms with Gasteiger partial charge in [0, 0.05) is 5.39 Å². The van der Waals surface area contributed by atoms with Gasteiger partial charge in [-0.05, 0) is 31.4 Å². The highest BCUT2D eigenvalue weighted by atomic mass is 16.3. The predicted octanol–water partition coefficient (Wildman–Crippen LogP) is 3.61. The van der Waals surface area contributed by atoms with E-state index < -0.39 is 0 Å². The number of fused-ring (bicyclic) bond motifs is 1. The SMILES string of the molecule is CCc1cccc2c(C)c(C)oc12. The molecule has 13 heavy (non-hydrogen) atoms. The molecule has 0 saturated heterocycles. The fourth-order valence-corrected chi connectivity index (χ4v) is 1.70. The van der Waals surface area contributed by atoms with E-state index in [-0.39, 0.29) is 0 Å². The van der Waals surface area contributed by atoms with Gasteiger partial charge in [-0.2, -0.15) is 0 Å². The van der Waals surface area contributed by atoms with Crippen LogP contribution in [0.15, 0.2) is 22.6 Å². The molecule has 0 spiro atoms. The minimum Gasteiger partial charge on any atom is -0.461 e. The Morgan fingerprint density at radius 1 is 1.23 bits per heavy atom. The number of benzene rings is 1. The van der Waals surface area contributed by atoms with E-state index in [2.05, 4.69) is 32.0 Å². The first-order valence-electron chi connectivity index (χ1n) is 4.71. The maximum absolute atomic E-state index is 5.72. The van der Waals surface area contributed by atoms with Crippen LogP contribution in [0, 0.1) is 13.8 Å². The fraction of sp³-hybridized carbons (Fsp3) is 0.333. The third kappa shape index (κ3) is 1.15. The third-order valence-electron chi connectivity index (χ3n) is 2.66. The summed E-state index contributed by atoms with van der Waals surface area (Å²) >= 11 is 0. The first-order chi connectivity index (χ1) is 6.24. The highest BCUT2D eigenvalue weighted by Crippen LogP contribution is 2.27. The molecule has 0 bridgehead atoms. The van der Waals surface area contributed by atoms with Gasteiger partial charge in [0.15, 0.2) is 0 Å². The Kier molecular flexibility index (Phi) is 1.87. The average molecular weight is 174 g/mol. The molecular weight excluding hydrogens is 160 g/mol. The highest BCUT2D eigenvalue weighted by molar-refractivity contribution is 5.84. The second kappa shape index (κ2) is 2.91. The van der Waals surface area contributed by atoms with E-state index in [4.69, 9.17) is 4.42 Å². The maximum atomic E-state index is 5.72. The minimum atomic E-state index is 1.03. The van der Waals surface area contributed by atoms with Crippen LogP contribution in [-0.4, -0.2) is 0 Å². The average Bonchev–Trinajstić information content (AvgIpc) is 2.43. The summed E-state index contributed by atoms with van der Waals surface area (Å²) in [6.45, 7) is 6.29. The van der Waals surface area contributed by atoms with Crippen molar-refractivity contribution in [2.45, 2.75) is 27.2 Å². The fourth-order valence-electron chi connectivity index (χ4n) is 1.70. The Morgan fingerprint density at radius 3 is 2.69 bits per heavy atom. The van der Waals surface area contributed by atoms with Crippen molar-refractivity contribution in [3.63, 3.8) is 0 Å². The summed E-state index contributed by atoms with van der Waals surface area (Å²) in [4.78, 5) is 0. The Labute approximate surface area is 78.4 Å². The predicted molar refractivity (Wildman–Crippen MR) is 55.1 cm³/mol. The van der Waals surface area contributed by atoms with Crippen molar-refractivity contribution >= 4 is 11.0 Å². The van der Waals surface area contributed by atoms with Crippen molar-refractivity contribution < 1.29 is 4.42 Å². The lowest BCUT2D eigenvalue weighted by molar-refractivity contribution is 0.571. The van der Waals surface area contributed by atoms with Crippen LogP contribution in [0.25, 0.3) is 11.0 Å². The number of hydrogen-bond donors (Lipinski definition) is 0. The topological polar surface area (TPSA) is 13.1 Å². The molecule has 0 aliphatic heterocycles. The molecule has 0 N–H and O–H groups in total. The van der Waals surface area contributed by atoms with Crippen molar-refractivity contribution in [3.8, 4) is 0 Å². The third-order valence-corrected chi connectivity index (χ3v) is 2.66. The van der Waals surface area contributed by atoms with E-state index in [1.165, 1.54) is 16.5 Å². The lowest BCUT2D eigenvalue weighted by Crippen LogP contribution is -1.79. The second-order valence-corrected chi connectivity index (χ2v) is 3.43. The molecule has 0 aliphatic rings. The molecule has 1 aromatic carbocycles. The molecule has 1 nitrogen and oxygen atoms in total. The molecule has 1 heteroatoms. The van der Waals surface area contributed by atoms with Gasteiger partial charge in [-0.3, -0.25) is 0 Å². The molecule has 68 valence electrons. The highest BCUT2D eigenvalue weighted by Gasteiger charge is 2.08. The molecule has 0 saturated carbocycles. The summed E-state index contributed by atoms with van der Waals surface area (Å²) in [5.74, 6) is 1.04. The van der Waals surface area contributed by atoms with Crippen LogP contribution >= 0.6 is 0 Å². The van der Waals surface area contributed by atoms with E-state index in [1.807, 2.05) is 6.92 Å². The quantitative estimate of drug-likeness (QED) is 0.643. The summed E-state index contributed by atoms with van der Waals surface area (Å²) in [6.07, 6.45) is 1.03. The molecular formula is C12H14O. The van der Waals surface area contributed by atoms with Crippen molar-refractivity contribution in [2.75, 3.05) is 0 Å². The molecule has 0 atom stereocenters. The molecule has 2 rings (SSSR count). The zero-order valence-electron chi connectivity index (χ0n) is 8.35. The molecule has 2 aromatic rings. The number of aryl methyl sites for hydroxylation is 3. The number of furan rings is 1. The van der Waals surface area contributed by atoms with E-state index in [9.17, 15) is 0 Å². The Balaban J connectivity index is 2.84. The first kappa shape index (κ1) is 8.36. The van der Waals surface area contributed by atoms with Crippen LogP contribution in [0.2, 0.25) is 0 Å². The van der Waals surface area contributed by atoms with Crippen molar-refractivity contribution in [1.29, 1.82) is 0 Å². The van der Waals surface area contributed by atoms with Gasteiger partial charge in [0.05, 0.1) is 0 Å². The Hall–Kier alpha value is -1.24. The van der Waals surface area contributed by atoms with Gasteiger partial charge < -0.3 is 4.42 Å². The largest absolute Gasteiger partial charge is 0.461 e. The van der Waals surface area contributed by atoms with Crippen molar-refractivity contribution in [2.24, 2.45) is 0 Å². The van der Waals surface area contributed by atoms with Gasteiger partial charge in [0.2, 0.25) is 0 Å². The van der Waals surface area contributed by atoms with Gasteiger partial charge in [-0.1, -0.05) is 25.1 Å². The van der Waals surface area contributed by atoms with Gasteiger partial charge in [-0.15, -0.1) is 0 Å². The lowest BCUT2D eigenvalue weighted by atomic mass is 10.1. The van der Waals surface area contributed by atoms with Gasteiger partial charge in [0.25, 0.3) is 0 Å². The minimum absolute atomic E-state index is 1.03. The molecule has 1 aromatic heterocycles. The van der Waals surface area contributed by atoms with Crippen LogP contribution in [0.4, 0.5) is 0 Å². The summed E-state index contributed by atoms with van der Waals surface area (Å²) in [7, 11) is 0. The van der Waals surface area contributed by atoms with Crippen LogP contribution in [-0.2, 0) is 6.42 Å². The normalized spacial score (nSPS) is 11.0. The van der Waals surface area contributed by atoms with Gasteiger partial charge >= 0.3 is 0 Å². The molecule has 1 heterocycles. The molecule has 0 amide bonds. The molecule has 0 radical (unpaired) electrons. The molecule has 0 unspecified atom stereocenters. The lowest BCUT2D eigenvalue weighted by Gasteiger charge is -1.96. The Morgan fingerprint density at radius 2 is 2.00 bits per heavy atom. The van der Waals surface area contributed by atoms with Crippen LogP contribution < -0.4 is 0 Å². The van der Waals surface area contributed by atoms with Gasteiger partial charge in [0.1, 0.15) is 11.3 Å². The molecule has 0 aliphatic carbocycles. The van der Waals surface area contributed by atoms with Crippen LogP contribution in [0.3, 0.4) is 0 Å². The zero-order valence-corrected chi connectivity index (χ0v) is 8.35. The van der Waals surface area contributed by atoms with Crippen molar-refractivity contribution in [1.82, 2.24) is 0 Å². The second-order valence-electron chi connectivity index (χ2n) is 3.43. The van der Waals surface area contributed by atoms with E-state index >= 15 is 0 Å². The monoisotopic (exact) mass is 174 g/mol. The van der Waals surface area contributed by atoms with Gasteiger partial charge in [-0.25, -0.2) is 0 Å². The molecule has 0 fully saturated rings. The summed E-state index contributed by atoms with van der Waals surface area (Å²) < 4.78 is 5.72. The van der Waals surface area contributed by atoms with E-state index in [1.54, 1.807) is 0 Å². The van der Waals surface area contributed by atoms with Crippen LogP contribution in [0.5, 0.6) is 0 Å².